The molecule has 0 spiro atoms. The second kappa shape index (κ2) is 8.40. The highest BCUT2D eigenvalue weighted by molar-refractivity contribution is 5.62. The molecule has 0 bridgehead atoms. The lowest BCUT2D eigenvalue weighted by Crippen LogP contribution is -2.44. The van der Waals surface area contributed by atoms with Gasteiger partial charge < -0.3 is 19.7 Å². The van der Waals surface area contributed by atoms with E-state index in [9.17, 15) is 0 Å². The monoisotopic (exact) mass is 420 g/mol. The van der Waals surface area contributed by atoms with Gasteiger partial charge in [0.1, 0.15) is 5.82 Å². The number of aromatic nitrogens is 2. The second-order valence-electron chi connectivity index (χ2n) is 9.56. The number of morpholine rings is 1. The van der Waals surface area contributed by atoms with E-state index < -0.39 is 0 Å². The number of anilines is 3. The number of ether oxygens (including phenoxy) is 2. The third-order valence-corrected chi connectivity index (χ3v) is 7.34. The lowest BCUT2D eigenvalue weighted by molar-refractivity contribution is 0.0258. The normalized spacial score (nSPS) is 24.3. The van der Waals surface area contributed by atoms with Gasteiger partial charge in [-0.2, -0.15) is 4.98 Å². The summed E-state index contributed by atoms with van der Waals surface area (Å²) < 4.78 is 11.7. The minimum absolute atomic E-state index is 0.325. The first-order valence-electron chi connectivity index (χ1n) is 12.0. The Morgan fingerprint density at radius 1 is 0.935 bits per heavy atom. The van der Waals surface area contributed by atoms with Gasteiger partial charge in [0.25, 0.3) is 0 Å². The van der Waals surface area contributed by atoms with E-state index in [-0.39, 0.29) is 0 Å². The number of hydrogen-bond donors (Lipinski definition) is 1. The van der Waals surface area contributed by atoms with E-state index in [1.165, 1.54) is 50.5 Å². The van der Waals surface area contributed by atoms with Crippen LogP contribution in [0.2, 0.25) is 0 Å². The first-order valence-corrected chi connectivity index (χ1v) is 12.0. The van der Waals surface area contributed by atoms with Crippen molar-refractivity contribution in [2.75, 3.05) is 29.9 Å². The van der Waals surface area contributed by atoms with Crippen LogP contribution in [0, 0.1) is 5.92 Å². The summed E-state index contributed by atoms with van der Waals surface area (Å²) in [6.45, 7) is 3.63. The maximum atomic E-state index is 6.00. The number of hydrogen-bond acceptors (Lipinski definition) is 6. The van der Waals surface area contributed by atoms with Crippen LogP contribution in [0.25, 0.3) is 0 Å². The van der Waals surface area contributed by atoms with E-state index in [2.05, 4.69) is 34.5 Å². The Balaban J connectivity index is 1.22. The third kappa shape index (κ3) is 4.15. The number of rotatable bonds is 5. The molecule has 3 heterocycles. The Morgan fingerprint density at radius 3 is 2.58 bits per heavy atom. The minimum Gasteiger partial charge on any atom is -0.374 e. The molecule has 6 rings (SSSR count). The van der Waals surface area contributed by atoms with E-state index in [1.54, 1.807) is 0 Å². The fourth-order valence-electron chi connectivity index (χ4n) is 5.30. The maximum absolute atomic E-state index is 6.00. The zero-order valence-corrected chi connectivity index (χ0v) is 18.2. The number of fused-ring (bicyclic) bond motifs is 1. The van der Waals surface area contributed by atoms with Gasteiger partial charge in [0.2, 0.25) is 5.95 Å². The van der Waals surface area contributed by atoms with Gasteiger partial charge in [0, 0.05) is 24.3 Å². The van der Waals surface area contributed by atoms with Crippen LogP contribution in [0.1, 0.15) is 67.7 Å². The van der Waals surface area contributed by atoms with Crippen LogP contribution in [0.5, 0.6) is 0 Å². The molecule has 1 unspecified atom stereocenters. The van der Waals surface area contributed by atoms with E-state index >= 15 is 0 Å². The molecule has 0 amide bonds. The molecule has 2 aliphatic heterocycles. The lowest BCUT2D eigenvalue weighted by Gasteiger charge is -2.33. The Kier molecular flexibility index (Phi) is 5.28. The van der Waals surface area contributed by atoms with Crippen molar-refractivity contribution in [1.82, 2.24) is 9.97 Å². The summed E-state index contributed by atoms with van der Waals surface area (Å²) in [5.41, 5.74) is 4.66. The molecule has 1 aromatic heterocycles. The van der Waals surface area contributed by atoms with Crippen molar-refractivity contribution in [3.8, 4) is 0 Å². The Bertz CT molecular complexity index is 922. The fraction of sp³-hybridized carbons (Fsp3) is 0.600. The van der Waals surface area contributed by atoms with E-state index in [0.29, 0.717) is 19.3 Å². The molecule has 1 saturated heterocycles. The van der Waals surface area contributed by atoms with Gasteiger partial charge in [-0.15, -0.1) is 0 Å². The molecule has 4 aliphatic rings. The van der Waals surface area contributed by atoms with Crippen LogP contribution in [0.3, 0.4) is 0 Å². The van der Waals surface area contributed by atoms with Gasteiger partial charge in [-0.3, -0.25) is 0 Å². The van der Waals surface area contributed by atoms with Crippen LogP contribution in [0.4, 0.5) is 17.5 Å². The standard InChI is InChI=1S/C25H32N4O2/c1-2-4-17(5-3-1)18-8-10-20(11-9-18)26-24-21-15-30-16-22(21)27-25(28-24)29-12-13-31-23(14-29)19-6-7-19/h8-11,17,19,23H,1-7,12-16H2,(H,26,27,28). The molecule has 6 heteroatoms. The molecule has 6 nitrogen and oxygen atoms in total. The van der Waals surface area contributed by atoms with Gasteiger partial charge >= 0.3 is 0 Å². The predicted molar refractivity (Wildman–Crippen MR) is 121 cm³/mol. The highest BCUT2D eigenvalue weighted by atomic mass is 16.5. The molecule has 2 saturated carbocycles. The molecular weight excluding hydrogens is 388 g/mol. The van der Waals surface area contributed by atoms with Crippen molar-refractivity contribution in [2.45, 2.75) is 70.2 Å². The second-order valence-corrected chi connectivity index (χ2v) is 9.56. The smallest absolute Gasteiger partial charge is 0.227 e. The predicted octanol–water partition coefficient (Wildman–Crippen LogP) is 4.91. The summed E-state index contributed by atoms with van der Waals surface area (Å²) in [6, 6.07) is 8.98. The summed E-state index contributed by atoms with van der Waals surface area (Å²) >= 11 is 0. The van der Waals surface area contributed by atoms with Crippen molar-refractivity contribution in [1.29, 1.82) is 0 Å². The van der Waals surface area contributed by atoms with Gasteiger partial charge in [0.05, 0.1) is 31.6 Å². The van der Waals surface area contributed by atoms with Crippen LogP contribution in [0.15, 0.2) is 24.3 Å². The molecule has 2 aromatic rings. The van der Waals surface area contributed by atoms with Gasteiger partial charge in [0.15, 0.2) is 0 Å². The molecule has 164 valence electrons. The molecule has 31 heavy (non-hydrogen) atoms. The van der Waals surface area contributed by atoms with Crippen LogP contribution >= 0.6 is 0 Å². The van der Waals surface area contributed by atoms with Crippen LogP contribution in [-0.4, -0.2) is 35.8 Å². The van der Waals surface area contributed by atoms with Crippen LogP contribution < -0.4 is 10.2 Å². The summed E-state index contributed by atoms with van der Waals surface area (Å²) in [5.74, 6) is 3.14. The summed E-state index contributed by atoms with van der Waals surface area (Å²) in [4.78, 5) is 12.1. The third-order valence-electron chi connectivity index (χ3n) is 7.34. The van der Waals surface area contributed by atoms with Crippen molar-refractivity contribution in [3.05, 3.63) is 41.1 Å². The summed E-state index contributed by atoms with van der Waals surface area (Å²) in [5, 5.41) is 3.57. The van der Waals surface area contributed by atoms with E-state index in [1.807, 2.05) is 0 Å². The van der Waals surface area contributed by atoms with E-state index in [0.717, 1.165) is 60.2 Å². The largest absolute Gasteiger partial charge is 0.374 e. The fourth-order valence-corrected chi connectivity index (χ4v) is 5.30. The molecule has 3 fully saturated rings. The van der Waals surface area contributed by atoms with Crippen molar-refractivity contribution in [2.24, 2.45) is 5.92 Å². The summed E-state index contributed by atoms with van der Waals surface area (Å²) in [7, 11) is 0. The topological polar surface area (TPSA) is 59.5 Å². The van der Waals surface area contributed by atoms with Crippen molar-refractivity contribution in [3.63, 3.8) is 0 Å². The zero-order valence-electron chi connectivity index (χ0n) is 18.2. The quantitative estimate of drug-likeness (QED) is 0.741. The minimum atomic E-state index is 0.325. The highest BCUT2D eigenvalue weighted by Crippen LogP contribution is 2.37. The molecular formula is C25H32N4O2. The number of nitrogens with zero attached hydrogens (tertiary/aromatic N) is 3. The Hall–Kier alpha value is -2.18. The average molecular weight is 421 g/mol. The maximum Gasteiger partial charge on any atom is 0.227 e. The highest BCUT2D eigenvalue weighted by Gasteiger charge is 2.36. The van der Waals surface area contributed by atoms with Crippen molar-refractivity contribution < 1.29 is 9.47 Å². The Labute approximate surface area is 184 Å². The van der Waals surface area contributed by atoms with Gasteiger partial charge in [-0.25, -0.2) is 4.98 Å². The molecule has 0 radical (unpaired) electrons. The zero-order chi connectivity index (χ0) is 20.6. The van der Waals surface area contributed by atoms with E-state index in [4.69, 9.17) is 19.4 Å². The molecule has 1 N–H and O–H groups in total. The average Bonchev–Trinajstić information content (AvgIpc) is 3.57. The SMILES string of the molecule is c1cc(C2CCCCC2)ccc1Nc1nc(N2CCOC(C3CC3)C2)nc2c1COC2. The first-order chi connectivity index (χ1) is 15.3. The van der Waals surface area contributed by atoms with Gasteiger partial charge in [-0.1, -0.05) is 31.4 Å². The number of nitrogens with one attached hydrogen (secondary N) is 1. The molecule has 1 atom stereocenters. The summed E-state index contributed by atoms with van der Waals surface area (Å²) in [6.07, 6.45) is 9.69. The van der Waals surface area contributed by atoms with Gasteiger partial charge in [-0.05, 0) is 55.2 Å². The number of benzene rings is 1. The lowest BCUT2D eigenvalue weighted by atomic mass is 9.84. The van der Waals surface area contributed by atoms with Crippen molar-refractivity contribution >= 4 is 17.5 Å². The van der Waals surface area contributed by atoms with Crippen LogP contribution in [-0.2, 0) is 22.7 Å². The Morgan fingerprint density at radius 2 is 1.77 bits per heavy atom. The first kappa shape index (κ1) is 19.5. The molecule has 1 aromatic carbocycles. The molecule has 2 aliphatic carbocycles.